The zero-order valence-electron chi connectivity index (χ0n) is 19.9. The molecule has 1 aliphatic heterocycles. The number of amides is 1. The second-order valence-electron chi connectivity index (χ2n) is 8.71. The van der Waals surface area contributed by atoms with Crippen molar-refractivity contribution in [3.05, 3.63) is 83.7 Å². The Labute approximate surface area is 210 Å². The molecule has 0 N–H and O–H groups in total. The van der Waals surface area contributed by atoms with Gasteiger partial charge in [0.05, 0.1) is 18.0 Å². The monoisotopic (exact) mass is 484 g/mol. The third-order valence-corrected chi connectivity index (χ3v) is 6.91. The lowest BCUT2D eigenvalue weighted by molar-refractivity contribution is -0.125. The Morgan fingerprint density at radius 1 is 1.00 bits per heavy atom. The molecule has 0 aliphatic carbocycles. The Kier molecular flexibility index (Phi) is 6.82. The molecule has 1 atom stereocenters. The minimum atomic E-state index is -0.499. The van der Waals surface area contributed by atoms with Gasteiger partial charge in [-0.1, -0.05) is 42.5 Å². The van der Waals surface area contributed by atoms with Crippen molar-refractivity contribution < 1.29 is 14.3 Å². The van der Waals surface area contributed by atoms with E-state index in [1.54, 1.807) is 18.3 Å². The largest absolute Gasteiger partial charge is 0.494 e. The third-order valence-electron chi connectivity index (χ3n) is 6.02. The van der Waals surface area contributed by atoms with Gasteiger partial charge in [-0.15, -0.1) is 11.3 Å². The minimum absolute atomic E-state index is 0.0162. The zero-order valence-corrected chi connectivity index (χ0v) is 20.8. The van der Waals surface area contributed by atoms with Gasteiger partial charge < -0.3 is 14.4 Å². The highest BCUT2D eigenvalue weighted by atomic mass is 32.1. The van der Waals surface area contributed by atoms with E-state index in [1.165, 1.54) is 5.56 Å². The van der Waals surface area contributed by atoms with Crippen LogP contribution in [0.4, 0.5) is 5.69 Å². The van der Waals surface area contributed by atoms with Crippen molar-refractivity contribution in [1.82, 2.24) is 4.98 Å². The highest BCUT2D eigenvalue weighted by molar-refractivity contribution is 7.13. The number of aryl methyl sites for hydroxylation is 1. The number of hydrogen-bond donors (Lipinski definition) is 0. The van der Waals surface area contributed by atoms with Gasteiger partial charge in [0.25, 0.3) is 5.91 Å². The number of unbranched alkanes of at least 4 members (excludes halogenated alkanes) is 1. The van der Waals surface area contributed by atoms with Crippen LogP contribution in [0.25, 0.3) is 21.8 Å². The van der Waals surface area contributed by atoms with Crippen LogP contribution in [0.2, 0.25) is 0 Å². The van der Waals surface area contributed by atoms with Crippen molar-refractivity contribution in [2.75, 3.05) is 18.1 Å². The van der Waals surface area contributed by atoms with E-state index in [-0.39, 0.29) is 5.91 Å². The summed E-state index contributed by atoms with van der Waals surface area (Å²) in [5, 5.41) is 3.04. The first-order chi connectivity index (χ1) is 17.1. The van der Waals surface area contributed by atoms with Gasteiger partial charge in [-0.3, -0.25) is 4.79 Å². The highest BCUT2D eigenvalue weighted by Crippen LogP contribution is 2.38. The average molecular weight is 485 g/mol. The fourth-order valence-corrected chi connectivity index (χ4v) is 5.02. The maximum Gasteiger partial charge on any atom is 0.267 e. The van der Waals surface area contributed by atoms with Crippen LogP contribution in [0, 0.1) is 6.92 Å². The van der Waals surface area contributed by atoms with Crippen LogP contribution in [-0.4, -0.2) is 30.1 Å². The van der Waals surface area contributed by atoms with E-state index in [0.717, 1.165) is 51.9 Å². The molecule has 6 heteroatoms. The molecule has 0 bridgehead atoms. The van der Waals surface area contributed by atoms with Gasteiger partial charge in [0.1, 0.15) is 16.5 Å². The molecule has 0 fully saturated rings. The maximum atomic E-state index is 13.0. The lowest BCUT2D eigenvalue weighted by atomic mass is 10.1. The predicted octanol–water partition coefficient (Wildman–Crippen LogP) is 6.76. The van der Waals surface area contributed by atoms with E-state index in [0.29, 0.717) is 13.2 Å². The normalized spacial score (nSPS) is 15.0. The smallest absolute Gasteiger partial charge is 0.267 e. The number of ether oxygens (including phenoxy) is 2. The van der Waals surface area contributed by atoms with Gasteiger partial charge in [-0.2, -0.15) is 0 Å². The molecule has 1 aromatic heterocycles. The van der Waals surface area contributed by atoms with Crippen LogP contribution in [0.5, 0.6) is 11.5 Å². The quantitative estimate of drug-likeness (QED) is 0.259. The summed E-state index contributed by atoms with van der Waals surface area (Å²) in [5.74, 6) is 1.60. The number of fused-ring (bicyclic) bond motifs is 1. The molecule has 0 spiro atoms. The Morgan fingerprint density at radius 2 is 1.86 bits per heavy atom. The molecular weight excluding hydrogens is 456 g/mol. The third kappa shape index (κ3) is 5.23. The van der Waals surface area contributed by atoms with Crippen LogP contribution in [0.1, 0.15) is 25.3 Å². The molecule has 5 nitrogen and oxygen atoms in total. The summed E-state index contributed by atoms with van der Waals surface area (Å²) < 4.78 is 11.8. The van der Waals surface area contributed by atoms with Crippen molar-refractivity contribution in [2.24, 2.45) is 0 Å². The molecule has 3 aromatic carbocycles. The van der Waals surface area contributed by atoms with Gasteiger partial charge in [0.2, 0.25) is 0 Å². The number of rotatable bonds is 8. The van der Waals surface area contributed by atoms with E-state index < -0.39 is 6.10 Å². The average Bonchev–Trinajstić information content (AvgIpc) is 3.37. The molecule has 178 valence electrons. The summed E-state index contributed by atoms with van der Waals surface area (Å²) in [4.78, 5) is 19.7. The van der Waals surface area contributed by atoms with Crippen molar-refractivity contribution >= 4 is 22.9 Å². The number of hydrogen-bond acceptors (Lipinski definition) is 5. The summed E-state index contributed by atoms with van der Waals surface area (Å²) in [5.41, 5.74) is 4.96. The first-order valence-corrected chi connectivity index (χ1v) is 12.8. The van der Waals surface area contributed by atoms with E-state index in [4.69, 9.17) is 14.5 Å². The molecule has 35 heavy (non-hydrogen) atoms. The molecule has 4 aromatic rings. The van der Waals surface area contributed by atoms with Crippen LogP contribution < -0.4 is 14.4 Å². The van der Waals surface area contributed by atoms with Gasteiger partial charge >= 0.3 is 0 Å². The molecule has 1 unspecified atom stereocenters. The SMILES string of the molecule is Cc1cccc(OCCCCN2C(=O)C(C)Oc3ccc(-c4csc(-c5ccccc5)n4)cc32)c1. The second-order valence-corrected chi connectivity index (χ2v) is 9.57. The van der Waals surface area contributed by atoms with Gasteiger partial charge in [-0.05, 0) is 62.6 Å². The van der Waals surface area contributed by atoms with E-state index in [1.807, 2.05) is 59.5 Å². The fourth-order valence-electron chi connectivity index (χ4n) is 4.18. The van der Waals surface area contributed by atoms with Crippen molar-refractivity contribution in [2.45, 2.75) is 32.8 Å². The Bertz CT molecular complexity index is 1320. The highest BCUT2D eigenvalue weighted by Gasteiger charge is 2.31. The molecule has 1 aliphatic rings. The molecule has 5 rings (SSSR count). The van der Waals surface area contributed by atoms with E-state index in [2.05, 4.69) is 30.5 Å². The number of nitrogens with zero attached hydrogens (tertiary/aromatic N) is 2. The van der Waals surface area contributed by atoms with Crippen LogP contribution in [-0.2, 0) is 4.79 Å². The Morgan fingerprint density at radius 3 is 2.69 bits per heavy atom. The molecular formula is C29H28N2O3S. The minimum Gasteiger partial charge on any atom is -0.494 e. The summed E-state index contributed by atoms with van der Waals surface area (Å²) >= 11 is 1.62. The number of carbonyl (C=O) groups excluding carboxylic acids is 1. The van der Waals surface area contributed by atoms with Crippen molar-refractivity contribution in [3.63, 3.8) is 0 Å². The Hall–Kier alpha value is -3.64. The van der Waals surface area contributed by atoms with Gasteiger partial charge in [0, 0.05) is 23.1 Å². The molecule has 0 radical (unpaired) electrons. The Balaban J connectivity index is 1.29. The van der Waals surface area contributed by atoms with Gasteiger partial charge in [-0.25, -0.2) is 4.98 Å². The first-order valence-electron chi connectivity index (χ1n) is 11.9. The van der Waals surface area contributed by atoms with Crippen LogP contribution in [0.3, 0.4) is 0 Å². The zero-order chi connectivity index (χ0) is 24.2. The van der Waals surface area contributed by atoms with Crippen molar-refractivity contribution in [3.8, 4) is 33.3 Å². The van der Waals surface area contributed by atoms with Crippen molar-refractivity contribution in [1.29, 1.82) is 0 Å². The number of anilines is 1. The van der Waals surface area contributed by atoms with E-state index >= 15 is 0 Å². The maximum absolute atomic E-state index is 13.0. The molecule has 0 saturated heterocycles. The van der Waals surface area contributed by atoms with E-state index in [9.17, 15) is 4.79 Å². The number of carbonyl (C=O) groups is 1. The number of thiazole rings is 1. The first kappa shape index (κ1) is 23.1. The summed E-state index contributed by atoms with van der Waals surface area (Å²) in [6.45, 7) is 5.09. The summed E-state index contributed by atoms with van der Waals surface area (Å²) in [6, 6.07) is 24.2. The van der Waals surface area contributed by atoms with Crippen LogP contribution >= 0.6 is 11.3 Å². The van der Waals surface area contributed by atoms with Crippen LogP contribution in [0.15, 0.2) is 78.2 Å². The van der Waals surface area contributed by atoms with Gasteiger partial charge in [0.15, 0.2) is 6.10 Å². The second kappa shape index (κ2) is 10.3. The lowest BCUT2D eigenvalue weighted by Gasteiger charge is -2.33. The fraction of sp³-hybridized carbons (Fsp3) is 0.241. The lowest BCUT2D eigenvalue weighted by Crippen LogP contribution is -2.45. The summed E-state index contributed by atoms with van der Waals surface area (Å²) in [7, 11) is 0. The number of benzene rings is 3. The molecule has 0 saturated carbocycles. The standard InChI is InChI=1S/C29H28N2O3S/c1-20-9-8-12-24(17-20)33-16-7-6-15-31-26-18-23(13-14-27(26)34-21(2)29(31)32)25-19-35-28(30-25)22-10-4-3-5-11-22/h3-5,8-14,17-19,21H,6-7,15-16H2,1-2H3. The summed E-state index contributed by atoms with van der Waals surface area (Å²) in [6.07, 6.45) is 1.19. The predicted molar refractivity (Wildman–Crippen MR) is 141 cm³/mol. The topological polar surface area (TPSA) is 51.7 Å². The number of aromatic nitrogens is 1. The molecule has 1 amide bonds. The molecule has 2 heterocycles.